The molecule has 1 fully saturated rings. The number of unbranched alkanes of at least 4 members (excludes halogenated alkanes) is 2. The summed E-state index contributed by atoms with van der Waals surface area (Å²) in [5.74, 6) is -6.60. The number of ether oxygens (including phenoxy) is 1. The van der Waals surface area contributed by atoms with E-state index in [1.165, 1.54) is 36.5 Å². The van der Waals surface area contributed by atoms with Crippen LogP contribution in [-0.4, -0.2) is 188 Å². The molecule has 3 aromatic rings. The highest BCUT2D eigenvalue weighted by atomic mass is 32.3. The first-order valence-electron chi connectivity index (χ1n) is 29.9. The minimum absolute atomic E-state index is 0.0304. The molecule has 0 bridgehead atoms. The predicted octanol–water partition coefficient (Wildman–Crippen LogP) is 6.12. The topological polar surface area (TPSA) is 364 Å². The number of likely N-dealkylation sites (tertiary alicyclic amines) is 1. The van der Waals surface area contributed by atoms with Gasteiger partial charge in [-0.25, -0.2) is 8.78 Å². The molecule has 9 N–H and O–H groups in total. The van der Waals surface area contributed by atoms with Crippen LogP contribution in [0, 0.1) is 5.92 Å². The van der Waals surface area contributed by atoms with Crippen molar-refractivity contribution in [2.75, 3.05) is 85.1 Å². The molecule has 0 saturated carbocycles. The van der Waals surface area contributed by atoms with E-state index in [4.69, 9.17) is 25.8 Å². The van der Waals surface area contributed by atoms with Crippen molar-refractivity contribution in [1.29, 1.82) is 0 Å². The molecule has 29 heteroatoms. The quantitative estimate of drug-likeness (QED) is 0.0240. The summed E-state index contributed by atoms with van der Waals surface area (Å²) in [6.45, 7) is 17.9. The van der Waals surface area contributed by atoms with Crippen LogP contribution < -0.4 is 35.9 Å². The number of rotatable bonds is 36. The number of fused-ring (bicyclic) bond motifs is 1. The number of aliphatic carboxylic acids is 3. The maximum absolute atomic E-state index is 13.4. The summed E-state index contributed by atoms with van der Waals surface area (Å²) in [4.78, 5) is 111. The van der Waals surface area contributed by atoms with E-state index in [9.17, 15) is 64.2 Å². The molecule has 1 saturated heterocycles. The predicted molar refractivity (Wildman–Crippen MR) is 329 cm³/mol. The van der Waals surface area contributed by atoms with Crippen LogP contribution in [0.3, 0.4) is 0 Å². The molecule has 1 unspecified atom stereocenters. The minimum Gasteiger partial charge on any atom is -0.492 e. The Labute approximate surface area is 520 Å². The van der Waals surface area contributed by atoms with Crippen molar-refractivity contribution < 1.29 is 88.5 Å². The number of benzene rings is 2. The number of carboxylic acids is 3. The third-order valence-electron chi connectivity index (χ3n) is 12.6. The number of halogens is 3. The molecule has 1 aliphatic rings. The Hall–Kier alpha value is -7.66. The van der Waals surface area contributed by atoms with Crippen molar-refractivity contribution in [2.45, 2.75) is 144 Å². The lowest BCUT2D eigenvalue weighted by Crippen LogP contribution is -2.41. The van der Waals surface area contributed by atoms with E-state index in [0.29, 0.717) is 60.6 Å². The van der Waals surface area contributed by atoms with Crippen LogP contribution in [0.4, 0.5) is 12.7 Å². The summed E-state index contributed by atoms with van der Waals surface area (Å²) in [6.07, 6.45) is 9.66. The fourth-order valence-corrected chi connectivity index (χ4v) is 8.36. The van der Waals surface area contributed by atoms with E-state index in [1.54, 1.807) is 25.1 Å². The molecule has 4 rings (SSSR count). The molecule has 2 heterocycles. The third kappa shape index (κ3) is 42.0. The van der Waals surface area contributed by atoms with Gasteiger partial charge >= 0.3 is 28.4 Å². The maximum Gasteiger partial charge on any atom is 0.488 e. The molecule has 0 radical (unpaired) electrons. The van der Waals surface area contributed by atoms with Gasteiger partial charge in [-0.15, -0.1) is 0 Å². The van der Waals surface area contributed by atoms with Gasteiger partial charge in [0, 0.05) is 63.3 Å². The minimum atomic E-state index is -5.00. The van der Waals surface area contributed by atoms with Crippen molar-refractivity contribution in [3.05, 3.63) is 65.9 Å². The van der Waals surface area contributed by atoms with Gasteiger partial charge in [-0.1, -0.05) is 83.7 Å². The number of carbonyl (C=O) groups excluding carboxylic acids is 6. The van der Waals surface area contributed by atoms with Crippen LogP contribution in [0.25, 0.3) is 10.9 Å². The lowest BCUT2D eigenvalue weighted by molar-refractivity contribution is -0.139. The molecule has 89 heavy (non-hydrogen) atoms. The summed E-state index contributed by atoms with van der Waals surface area (Å²) in [5, 5.41) is 35.8. The Morgan fingerprint density at radius 2 is 1.27 bits per heavy atom. The summed E-state index contributed by atoms with van der Waals surface area (Å²) in [5.41, 5.74) is 6.29. The number of alkyl halides is 2. The smallest absolute Gasteiger partial charge is 0.488 e. The monoisotopic (exact) mass is 1290 g/mol. The van der Waals surface area contributed by atoms with Gasteiger partial charge < -0.3 is 56.1 Å². The average molecular weight is 1290 g/mol. The number of primary amides is 1. The average Bonchev–Trinajstić information content (AvgIpc) is 1.95. The number of carbonyl (C=O) groups is 9. The maximum atomic E-state index is 13.4. The van der Waals surface area contributed by atoms with Crippen molar-refractivity contribution in [3.8, 4) is 11.5 Å². The second-order valence-corrected chi connectivity index (χ2v) is 21.6. The molecule has 25 nitrogen and oxygen atoms in total. The highest BCUT2D eigenvalue weighted by molar-refractivity contribution is 7.81. The highest BCUT2D eigenvalue weighted by Gasteiger charge is 2.40. The van der Waals surface area contributed by atoms with Gasteiger partial charge in [0.05, 0.1) is 50.2 Å². The van der Waals surface area contributed by atoms with Gasteiger partial charge in [-0.3, -0.25) is 57.9 Å². The highest BCUT2D eigenvalue weighted by Crippen LogP contribution is 2.27. The fraction of sp³-hybridized carbons (Fsp3) is 0.600. The van der Waals surface area contributed by atoms with Crippen LogP contribution in [-0.2, 0) is 55.3 Å². The normalized spacial score (nSPS) is 12.4. The van der Waals surface area contributed by atoms with E-state index in [-0.39, 0.29) is 81.0 Å². The summed E-state index contributed by atoms with van der Waals surface area (Å²) in [6, 6.07) is 11.8. The van der Waals surface area contributed by atoms with Gasteiger partial charge in [0.2, 0.25) is 29.5 Å². The van der Waals surface area contributed by atoms with Gasteiger partial charge in [-0.05, 0) is 106 Å². The number of amides is 6. The van der Waals surface area contributed by atoms with E-state index in [2.05, 4.69) is 63.0 Å². The molecular formula is C60H94F3N9O16S. The zero-order chi connectivity index (χ0) is 67.4. The van der Waals surface area contributed by atoms with Gasteiger partial charge in [0.1, 0.15) is 18.1 Å². The first-order valence-corrected chi connectivity index (χ1v) is 31.2. The Balaban J connectivity index is 0.00000158. The van der Waals surface area contributed by atoms with Crippen molar-refractivity contribution >= 4 is 74.8 Å². The van der Waals surface area contributed by atoms with E-state index >= 15 is 0 Å². The van der Waals surface area contributed by atoms with Crippen molar-refractivity contribution in [1.82, 2.24) is 41.0 Å². The molecule has 1 aliphatic heterocycles. The van der Waals surface area contributed by atoms with Crippen LogP contribution in [0.5, 0.6) is 11.5 Å². The zero-order valence-corrected chi connectivity index (χ0v) is 53.2. The standard InChI is InChI=1S/C35H51F2N7O6.C8H8FNO4S.C8H17NO2.C6H12O2.C3H6O2/c1-3-5-6-19-43(18-4-2)24-32(47)40-16-15-39-30(45)8-7-9-31(46)41-17-21-50-26-10-11-29-28(22-26)27(12-14-38-29)34(49)42-23-33(48)44-20-13-35(36,37)25-44;9-15(12,13)14-7-3-1-6(2-4-7)5-8(10)11;1-3-5-9(6-4-2)7-8(10)11;1-3-5(2)4-6(7)8;1-2-3(4)5/h10-12,14,22H,3-9,13,15-21,23-25H2,1-2H3,(H,39,45)(H,40,47)(H,41,46)(H,42,49);1-4H,5H2,(H2,10,11);3-7H2,1-2H3,(H,10,11);5H,3-4H2,1-2H3,(H,7,8);2H2,1H3,(H,4,5). The first-order chi connectivity index (χ1) is 42.0. The molecular weight excluding hydrogens is 1190 g/mol. The molecule has 0 aliphatic carbocycles. The van der Waals surface area contributed by atoms with Gasteiger partial charge in [-0.2, -0.15) is 8.42 Å². The van der Waals surface area contributed by atoms with Gasteiger partial charge in [0.25, 0.3) is 11.8 Å². The third-order valence-corrected chi connectivity index (χ3v) is 13.0. The Kier molecular flexibility index (Phi) is 42.5. The van der Waals surface area contributed by atoms with Crippen LogP contribution in [0.1, 0.15) is 148 Å². The molecule has 2 aromatic carbocycles. The fourth-order valence-electron chi connectivity index (χ4n) is 8.02. The second kappa shape index (κ2) is 46.5. The van der Waals surface area contributed by atoms with E-state index in [0.717, 1.165) is 76.0 Å². The van der Waals surface area contributed by atoms with Crippen LogP contribution >= 0.6 is 0 Å². The number of pyridine rings is 1. The number of aromatic nitrogens is 1. The summed E-state index contributed by atoms with van der Waals surface area (Å²) >= 11 is 0. The van der Waals surface area contributed by atoms with Crippen LogP contribution in [0.15, 0.2) is 54.7 Å². The molecule has 6 amide bonds. The lowest BCUT2D eigenvalue weighted by Gasteiger charge is -2.21. The number of hydrogen-bond donors (Lipinski definition) is 8. The van der Waals surface area contributed by atoms with Gasteiger partial charge in [0.15, 0.2) is 0 Å². The zero-order valence-electron chi connectivity index (χ0n) is 52.4. The van der Waals surface area contributed by atoms with E-state index in [1.807, 2.05) is 18.7 Å². The largest absolute Gasteiger partial charge is 0.492 e. The van der Waals surface area contributed by atoms with Crippen molar-refractivity contribution in [2.24, 2.45) is 11.7 Å². The van der Waals surface area contributed by atoms with E-state index < -0.39 is 71.6 Å². The van der Waals surface area contributed by atoms with Crippen molar-refractivity contribution in [3.63, 3.8) is 0 Å². The molecule has 1 atom stereocenters. The Morgan fingerprint density at radius 3 is 1.75 bits per heavy atom. The SMILES string of the molecule is CCC(=O)O.CCC(C)CC(=O)O.CCCCCN(CCC)CC(=O)NCCNC(=O)CCCC(=O)NCCOc1ccc2nccc(C(=O)NCC(=O)N3CCC(F)(F)C3)c2c1.CCCN(CCC)CC(=O)O.NC(=O)Cc1ccc(OS(=O)(=O)F)cc1. The lowest BCUT2D eigenvalue weighted by atomic mass is 10.1. The number of carboxylic acid groups (broad SMARTS) is 3. The molecule has 502 valence electrons. The Bertz CT molecular complexity index is 2740. The summed E-state index contributed by atoms with van der Waals surface area (Å²) in [7, 11) is -5.00. The number of hydrogen-bond acceptors (Lipinski definition) is 16. The number of nitrogens with zero attached hydrogens (tertiary/aromatic N) is 4. The van der Waals surface area contributed by atoms with Crippen LogP contribution in [0.2, 0.25) is 0 Å². The molecule has 0 spiro atoms. The number of nitrogens with two attached hydrogens (primary N) is 1. The Morgan fingerprint density at radius 1 is 0.708 bits per heavy atom. The second-order valence-electron chi connectivity index (χ2n) is 20.7. The molecule has 1 aromatic heterocycles. The summed E-state index contributed by atoms with van der Waals surface area (Å²) < 4.78 is 68.8. The number of nitrogens with one attached hydrogen (secondary N) is 4. The first kappa shape index (κ1) is 81.3.